The lowest BCUT2D eigenvalue weighted by Gasteiger charge is -2.26. The third kappa shape index (κ3) is 15.0. The first-order chi connectivity index (χ1) is 15.8. The van der Waals surface area contributed by atoms with Crippen LogP contribution in [0.3, 0.4) is 0 Å². The number of likely N-dealkylation sites (tertiary alicyclic amines) is 1. The zero-order chi connectivity index (χ0) is 24.5. The molecule has 0 atom stereocenters. The van der Waals surface area contributed by atoms with Gasteiger partial charge in [-0.25, -0.2) is 4.79 Å². The van der Waals surface area contributed by atoms with Gasteiger partial charge in [0.05, 0.1) is 6.61 Å². The van der Waals surface area contributed by atoms with Crippen molar-refractivity contribution >= 4 is 6.03 Å². The number of carbonyl (C=O) groups excluding carboxylic acids is 1. The molecule has 1 aliphatic rings. The van der Waals surface area contributed by atoms with Crippen molar-refractivity contribution in [2.45, 2.75) is 54.0 Å². The average Bonchev–Trinajstić information content (AvgIpc) is 2.79. The summed E-state index contributed by atoms with van der Waals surface area (Å²) in [4.78, 5) is 14.2. The first-order valence-electron chi connectivity index (χ1n) is 12.2. The first-order valence-corrected chi connectivity index (χ1v) is 12.2. The van der Waals surface area contributed by atoms with Crippen LogP contribution in [0.5, 0.6) is 0 Å². The number of nitrogens with one attached hydrogen (secondary N) is 2. The minimum Gasteiger partial charge on any atom is -0.493 e. The Balaban J connectivity index is 0.000000568. The lowest BCUT2D eigenvalue weighted by molar-refractivity contribution is 0.190. The molecule has 0 spiro atoms. The molecule has 0 bridgehead atoms. The molecule has 0 aliphatic carbocycles. The maximum Gasteiger partial charge on any atom is 0.315 e. The van der Waals surface area contributed by atoms with E-state index >= 15 is 0 Å². The third-order valence-electron chi connectivity index (χ3n) is 5.27. The summed E-state index contributed by atoms with van der Waals surface area (Å²) in [6, 6.07) is 7.92. The zero-order valence-electron chi connectivity index (χ0n) is 21.6. The number of urea groups is 1. The predicted molar refractivity (Wildman–Crippen MR) is 140 cm³/mol. The molecule has 184 valence electrons. The molecule has 1 aromatic rings. The topological polar surface area (TPSA) is 53.6 Å². The van der Waals surface area contributed by atoms with Gasteiger partial charge in [-0.1, -0.05) is 68.8 Å². The van der Waals surface area contributed by atoms with Crippen LogP contribution in [0.2, 0.25) is 0 Å². The number of aryl methyl sites for hydroxylation is 1. The summed E-state index contributed by atoms with van der Waals surface area (Å²) in [7, 11) is 2.20. The van der Waals surface area contributed by atoms with Gasteiger partial charge in [0.2, 0.25) is 0 Å². The molecule has 0 aromatic heterocycles. The van der Waals surface area contributed by atoms with Crippen LogP contribution in [0.15, 0.2) is 60.4 Å². The zero-order valence-corrected chi connectivity index (χ0v) is 21.6. The van der Waals surface area contributed by atoms with Crippen molar-refractivity contribution in [1.29, 1.82) is 0 Å². The van der Waals surface area contributed by atoms with E-state index in [4.69, 9.17) is 4.74 Å². The van der Waals surface area contributed by atoms with Crippen LogP contribution < -0.4 is 10.6 Å². The molecule has 1 saturated heterocycles. The molecule has 5 nitrogen and oxygen atoms in total. The number of ether oxygens (including phenoxy) is 1. The fourth-order valence-corrected chi connectivity index (χ4v) is 3.05. The summed E-state index contributed by atoms with van der Waals surface area (Å²) in [6.07, 6.45) is 12.3. The third-order valence-corrected chi connectivity index (χ3v) is 5.27. The molecule has 1 aliphatic heterocycles. The van der Waals surface area contributed by atoms with E-state index in [1.807, 2.05) is 68.5 Å². The summed E-state index contributed by atoms with van der Waals surface area (Å²) in [5.74, 6) is 2.28. The largest absolute Gasteiger partial charge is 0.493 e. The number of carbonyl (C=O) groups is 1. The second-order valence-corrected chi connectivity index (χ2v) is 9.24. The monoisotopic (exact) mass is 455 g/mol. The Morgan fingerprint density at radius 2 is 1.85 bits per heavy atom. The maximum atomic E-state index is 11.8. The van der Waals surface area contributed by atoms with Gasteiger partial charge in [-0.05, 0) is 76.4 Å². The average molecular weight is 456 g/mol. The van der Waals surface area contributed by atoms with E-state index in [0.717, 1.165) is 17.2 Å². The van der Waals surface area contributed by atoms with Crippen molar-refractivity contribution in [1.82, 2.24) is 15.5 Å². The summed E-state index contributed by atoms with van der Waals surface area (Å²) in [5, 5.41) is 5.63. The van der Waals surface area contributed by atoms with E-state index < -0.39 is 0 Å². The van der Waals surface area contributed by atoms with E-state index in [0.29, 0.717) is 25.6 Å². The summed E-state index contributed by atoms with van der Waals surface area (Å²) >= 11 is 0. The number of allylic oxidation sites excluding steroid dienone is 4. The lowest BCUT2D eigenvalue weighted by Crippen LogP contribution is -2.35. The predicted octanol–water partition coefficient (Wildman–Crippen LogP) is 5.83. The SMILES string of the molecule is CC1CCN(C)CC1.C\C=C/C(=C\C=C\CNC(=O)NCc1ccc(C)cc1)OCC(C)C. The molecule has 1 fully saturated rings. The molecular weight excluding hydrogens is 410 g/mol. The molecule has 0 radical (unpaired) electrons. The smallest absolute Gasteiger partial charge is 0.315 e. The standard InChI is InChI=1S/C21H30N2O2.C7H15N/c1-5-8-20(25-16-17(2)3)9-6-7-14-22-21(24)23-15-19-12-10-18(4)11-13-19;1-7-3-5-8(2)6-4-7/h5-13,17H,14-16H2,1-4H3,(H2,22,23,24);7H,3-6H2,1-2H3/b7-6+,8-5-,20-9+;. The van der Waals surface area contributed by atoms with Gasteiger partial charge in [-0.3, -0.25) is 0 Å². The highest BCUT2D eigenvalue weighted by Crippen LogP contribution is 2.13. The number of amides is 2. The Morgan fingerprint density at radius 3 is 2.42 bits per heavy atom. The minimum atomic E-state index is -0.182. The number of benzene rings is 1. The molecule has 2 N–H and O–H groups in total. The van der Waals surface area contributed by atoms with Crippen molar-refractivity contribution in [3.05, 3.63) is 71.5 Å². The normalized spacial score (nSPS) is 15.5. The van der Waals surface area contributed by atoms with Crippen LogP contribution in [0.1, 0.15) is 51.7 Å². The number of rotatable bonds is 9. The van der Waals surface area contributed by atoms with E-state index in [9.17, 15) is 4.79 Å². The molecule has 33 heavy (non-hydrogen) atoms. The summed E-state index contributed by atoms with van der Waals surface area (Å²) in [6.45, 7) is 14.8. The van der Waals surface area contributed by atoms with Crippen LogP contribution in [-0.4, -0.2) is 44.2 Å². The van der Waals surface area contributed by atoms with Crippen molar-refractivity contribution in [2.75, 3.05) is 33.3 Å². The second-order valence-electron chi connectivity index (χ2n) is 9.24. The number of hydrogen-bond acceptors (Lipinski definition) is 3. The van der Waals surface area contributed by atoms with Gasteiger partial charge in [-0.15, -0.1) is 0 Å². The van der Waals surface area contributed by atoms with Gasteiger partial charge >= 0.3 is 6.03 Å². The van der Waals surface area contributed by atoms with Gasteiger partial charge in [-0.2, -0.15) is 0 Å². The second kappa shape index (κ2) is 17.0. The molecule has 2 rings (SSSR count). The molecule has 1 heterocycles. The lowest BCUT2D eigenvalue weighted by atomic mass is 10.00. The van der Waals surface area contributed by atoms with E-state index in [2.05, 4.69) is 43.4 Å². The highest BCUT2D eigenvalue weighted by Gasteiger charge is 2.10. The van der Waals surface area contributed by atoms with Crippen LogP contribution in [0.25, 0.3) is 0 Å². The van der Waals surface area contributed by atoms with Crippen LogP contribution in [0.4, 0.5) is 4.79 Å². The molecule has 2 amide bonds. The fourth-order valence-electron chi connectivity index (χ4n) is 3.05. The van der Waals surface area contributed by atoms with Crippen molar-refractivity contribution < 1.29 is 9.53 Å². The minimum absolute atomic E-state index is 0.182. The van der Waals surface area contributed by atoms with Gasteiger partial charge < -0.3 is 20.3 Å². The molecular formula is C28H45N3O2. The summed E-state index contributed by atoms with van der Waals surface area (Å²) < 4.78 is 5.69. The van der Waals surface area contributed by atoms with E-state index in [-0.39, 0.29) is 6.03 Å². The highest BCUT2D eigenvalue weighted by atomic mass is 16.5. The van der Waals surface area contributed by atoms with Crippen molar-refractivity contribution in [3.63, 3.8) is 0 Å². The van der Waals surface area contributed by atoms with Crippen molar-refractivity contribution in [2.24, 2.45) is 11.8 Å². The van der Waals surface area contributed by atoms with Gasteiger partial charge in [0.1, 0.15) is 5.76 Å². The molecule has 5 heteroatoms. The van der Waals surface area contributed by atoms with E-state index in [1.165, 1.54) is 31.5 Å². The molecule has 0 saturated carbocycles. The Kier molecular flexibility index (Phi) is 14.7. The maximum absolute atomic E-state index is 11.8. The molecule has 0 unspecified atom stereocenters. The van der Waals surface area contributed by atoms with Gasteiger partial charge in [0, 0.05) is 13.1 Å². The number of piperidine rings is 1. The number of hydrogen-bond donors (Lipinski definition) is 2. The Morgan fingerprint density at radius 1 is 1.18 bits per heavy atom. The van der Waals surface area contributed by atoms with Gasteiger partial charge in [0.25, 0.3) is 0 Å². The van der Waals surface area contributed by atoms with Crippen LogP contribution in [0, 0.1) is 18.8 Å². The van der Waals surface area contributed by atoms with Gasteiger partial charge in [0.15, 0.2) is 0 Å². The van der Waals surface area contributed by atoms with Crippen LogP contribution >= 0.6 is 0 Å². The van der Waals surface area contributed by atoms with Crippen LogP contribution in [-0.2, 0) is 11.3 Å². The first kappa shape index (κ1) is 28.5. The highest BCUT2D eigenvalue weighted by molar-refractivity contribution is 5.73. The Hall–Kier alpha value is -2.53. The van der Waals surface area contributed by atoms with Crippen molar-refractivity contribution in [3.8, 4) is 0 Å². The Labute approximate surface area is 202 Å². The summed E-state index contributed by atoms with van der Waals surface area (Å²) in [5.41, 5.74) is 2.29. The van der Waals surface area contributed by atoms with E-state index in [1.54, 1.807) is 0 Å². The fraction of sp³-hybridized carbons (Fsp3) is 0.536. The molecule has 1 aromatic carbocycles. The quantitative estimate of drug-likeness (QED) is 0.364. The Bertz CT molecular complexity index is 733. The number of nitrogens with zero attached hydrogens (tertiary/aromatic N) is 1.